The van der Waals surface area contributed by atoms with Gasteiger partial charge in [0.05, 0.1) is 24.0 Å². The minimum absolute atomic E-state index is 0.0647. The van der Waals surface area contributed by atoms with Crippen LogP contribution in [0.2, 0.25) is 0 Å². The molecular weight excluding hydrogens is 272 g/mol. The highest BCUT2D eigenvalue weighted by Crippen LogP contribution is 2.20. The van der Waals surface area contributed by atoms with Crippen molar-refractivity contribution in [2.75, 3.05) is 18.5 Å². The quantitative estimate of drug-likeness (QED) is 0.703. The molecule has 6 nitrogen and oxygen atoms in total. The summed E-state index contributed by atoms with van der Waals surface area (Å²) >= 11 is 0. The first-order valence-electron chi connectivity index (χ1n) is 7.15. The van der Waals surface area contributed by atoms with Crippen molar-refractivity contribution < 1.29 is 19.4 Å². The topological polar surface area (TPSA) is 87.7 Å². The Bertz CT molecular complexity index is 498. The molecule has 0 unspecified atom stereocenters. The molecule has 1 aliphatic carbocycles. The smallest absolute Gasteiger partial charge is 0.337 e. The Labute approximate surface area is 123 Å². The lowest BCUT2D eigenvalue weighted by Gasteiger charge is -2.12. The van der Waals surface area contributed by atoms with Gasteiger partial charge in [-0.05, 0) is 25.0 Å². The average molecular weight is 292 g/mol. The number of amides is 2. The van der Waals surface area contributed by atoms with E-state index in [0.29, 0.717) is 19.3 Å². The number of aromatic carboxylic acids is 1. The number of carboxylic acid groups (broad SMARTS) is 1. The van der Waals surface area contributed by atoms with Gasteiger partial charge in [0.25, 0.3) is 0 Å². The maximum absolute atomic E-state index is 11.7. The Morgan fingerprint density at radius 3 is 2.67 bits per heavy atom. The van der Waals surface area contributed by atoms with Crippen molar-refractivity contribution in [3.05, 3.63) is 29.8 Å². The van der Waals surface area contributed by atoms with Crippen LogP contribution in [0.1, 0.15) is 36.0 Å². The van der Waals surface area contributed by atoms with Gasteiger partial charge in [-0.2, -0.15) is 0 Å². The molecule has 6 heteroatoms. The van der Waals surface area contributed by atoms with Gasteiger partial charge in [-0.25, -0.2) is 9.59 Å². The number of anilines is 1. The minimum atomic E-state index is -1.07. The number of nitrogens with one attached hydrogen (secondary N) is 2. The molecule has 0 radical (unpaired) electrons. The SMILES string of the molecule is O=C(NCCOC1CCCC1)Nc1ccccc1C(=O)O. The van der Waals surface area contributed by atoms with E-state index in [2.05, 4.69) is 10.6 Å². The molecule has 1 saturated carbocycles. The number of para-hydroxylation sites is 1. The summed E-state index contributed by atoms with van der Waals surface area (Å²) in [6.07, 6.45) is 4.94. The third kappa shape index (κ3) is 4.75. The van der Waals surface area contributed by atoms with E-state index >= 15 is 0 Å². The Hall–Kier alpha value is -2.08. The molecule has 0 atom stereocenters. The van der Waals surface area contributed by atoms with Crippen LogP contribution in [0.4, 0.5) is 10.5 Å². The molecule has 1 aliphatic rings. The van der Waals surface area contributed by atoms with E-state index in [4.69, 9.17) is 9.84 Å². The van der Waals surface area contributed by atoms with Gasteiger partial charge in [0.2, 0.25) is 0 Å². The molecule has 3 N–H and O–H groups in total. The van der Waals surface area contributed by atoms with Crippen molar-refractivity contribution in [2.45, 2.75) is 31.8 Å². The molecule has 0 heterocycles. The van der Waals surface area contributed by atoms with E-state index in [-0.39, 0.29) is 11.3 Å². The second-order valence-electron chi connectivity index (χ2n) is 5.01. The van der Waals surface area contributed by atoms with Crippen molar-refractivity contribution in [1.82, 2.24) is 5.32 Å². The summed E-state index contributed by atoms with van der Waals surface area (Å²) in [7, 11) is 0. The lowest BCUT2D eigenvalue weighted by molar-refractivity contribution is 0.0615. The zero-order chi connectivity index (χ0) is 15.1. The lowest BCUT2D eigenvalue weighted by Crippen LogP contribution is -2.32. The highest BCUT2D eigenvalue weighted by molar-refractivity contribution is 5.99. The summed E-state index contributed by atoms with van der Waals surface area (Å²) in [5.41, 5.74) is 0.342. The highest BCUT2D eigenvalue weighted by Gasteiger charge is 2.15. The second kappa shape index (κ2) is 7.64. The molecule has 0 bridgehead atoms. The summed E-state index contributed by atoms with van der Waals surface area (Å²) in [6.45, 7) is 0.871. The van der Waals surface area contributed by atoms with Gasteiger partial charge in [0.15, 0.2) is 0 Å². The number of hydrogen-bond acceptors (Lipinski definition) is 3. The van der Waals surface area contributed by atoms with Gasteiger partial charge in [-0.15, -0.1) is 0 Å². The van der Waals surface area contributed by atoms with E-state index in [0.717, 1.165) is 12.8 Å². The summed E-state index contributed by atoms with van der Waals surface area (Å²) < 4.78 is 5.63. The number of carboxylic acids is 1. The summed E-state index contributed by atoms with van der Waals surface area (Å²) in [4.78, 5) is 22.7. The van der Waals surface area contributed by atoms with Crippen LogP contribution in [0.5, 0.6) is 0 Å². The number of carbonyl (C=O) groups is 2. The zero-order valence-electron chi connectivity index (χ0n) is 11.8. The Kier molecular flexibility index (Phi) is 5.57. The fourth-order valence-corrected chi connectivity index (χ4v) is 2.39. The van der Waals surface area contributed by atoms with Crippen LogP contribution in [-0.4, -0.2) is 36.4 Å². The Balaban J connectivity index is 1.73. The first-order valence-corrected chi connectivity index (χ1v) is 7.15. The van der Waals surface area contributed by atoms with Gasteiger partial charge < -0.3 is 20.5 Å². The predicted octanol–water partition coefficient (Wildman–Crippen LogP) is 2.47. The van der Waals surface area contributed by atoms with E-state index in [1.807, 2.05) is 0 Å². The van der Waals surface area contributed by atoms with Crippen molar-refractivity contribution in [2.24, 2.45) is 0 Å². The third-order valence-corrected chi connectivity index (χ3v) is 3.45. The van der Waals surface area contributed by atoms with Gasteiger partial charge in [0.1, 0.15) is 0 Å². The number of hydrogen-bond donors (Lipinski definition) is 3. The van der Waals surface area contributed by atoms with Gasteiger partial charge in [0, 0.05) is 6.54 Å². The minimum Gasteiger partial charge on any atom is -0.478 e. The van der Waals surface area contributed by atoms with Gasteiger partial charge >= 0.3 is 12.0 Å². The highest BCUT2D eigenvalue weighted by atomic mass is 16.5. The third-order valence-electron chi connectivity index (χ3n) is 3.45. The van der Waals surface area contributed by atoms with Crippen LogP contribution < -0.4 is 10.6 Å². The van der Waals surface area contributed by atoms with Crippen LogP contribution in [0.25, 0.3) is 0 Å². The number of urea groups is 1. The maximum Gasteiger partial charge on any atom is 0.337 e. The van der Waals surface area contributed by atoms with E-state index in [1.54, 1.807) is 18.2 Å². The first-order chi connectivity index (χ1) is 10.2. The molecular formula is C15H20N2O4. The molecule has 0 aromatic heterocycles. The van der Waals surface area contributed by atoms with E-state index in [1.165, 1.54) is 18.9 Å². The molecule has 0 aliphatic heterocycles. The zero-order valence-corrected chi connectivity index (χ0v) is 11.8. The second-order valence-corrected chi connectivity index (χ2v) is 5.01. The number of benzene rings is 1. The summed E-state index contributed by atoms with van der Waals surface area (Å²) in [6, 6.07) is 5.85. The Morgan fingerprint density at radius 1 is 1.24 bits per heavy atom. The molecule has 1 fully saturated rings. The normalized spacial score (nSPS) is 14.9. The molecule has 2 rings (SSSR count). The van der Waals surface area contributed by atoms with Crippen LogP contribution in [-0.2, 0) is 4.74 Å². The van der Waals surface area contributed by atoms with Crippen molar-refractivity contribution >= 4 is 17.7 Å². The number of carbonyl (C=O) groups excluding carboxylic acids is 1. The van der Waals surface area contributed by atoms with Crippen LogP contribution >= 0.6 is 0 Å². The standard InChI is InChI=1S/C15H20N2O4/c18-14(19)12-7-3-4-8-13(12)17-15(20)16-9-10-21-11-5-1-2-6-11/h3-4,7-8,11H,1-2,5-6,9-10H2,(H,18,19)(H2,16,17,20). The predicted molar refractivity (Wildman–Crippen MR) is 78.6 cm³/mol. The number of ether oxygens (including phenoxy) is 1. The summed E-state index contributed by atoms with van der Waals surface area (Å²) in [5, 5.41) is 14.2. The fourth-order valence-electron chi connectivity index (χ4n) is 2.39. The molecule has 0 saturated heterocycles. The van der Waals surface area contributed by atoms with Crippen LogP contribution in [0.3, 0.4) is 0 Å². The first kappa shape index (κ1) is 15.3. The molecule has 1 aromatic rings. The molecule has 0 spiro atoms. The molecule has 114 valence electrons. The Morgan fingerprint density at radius 2 is 1.95 bits per heavy atom. The lowest BCUT2D eigenvalue weighted by atomic mass is 10.2. The summed E-state index contributed by atoms with van der Waals surface area (Å²) in [5.74, 6) is -1.07. The maximum atomic E-state index is 11.7. The fraction of sp³-hybridized carbons (Fsp3) is 0.467. The van der Waals surface area contributed by atoms with E-state index < -0.39 is 12.0 Å². The van der Waals surface area contributed by atoms with Crippen LogP contribution in [0.15, 0.2) is 24.3 Å². The van der Waals surface area contributed by atoms with Crippen LogP contribution in [0, 0.1) is 0 Å². The molecule has 2 amide bonds. The van der Waals surface area contributed by atoms with Crippen molar-refractivity contribution in [3.63, 3.8) is 0 Å². The average Bonchev–Trinajstić information content (AvgIpc) is 2.97. The van der Waals surface area contributed by atoms with Gasteiger partial charge in [-0.3, -0.25) is 0 Å². The van der Waals surface area contributed by atoms with Crippen molar-refractivity contribution in [1.29, 1.82) is 0 Å². The van der Waals surface area contributed by atoms with Crippen molar-refractivity contribution in [3.8, 4) is 0 Å². The largest absolute Gasteiger partial charge is 0.478 e. The number of rotatable bonds is 6. The van der Waals surface area contributed by atoms with E-state index in [9.17, 15) is 9.59 Å². The van der Waals surface area contributed by atoms with Gasteiger partial charge in [-0.1, -0.05) is 25.0 Å². The molecule has 21 heavy (non-hydrogen) atoms. The molecule has 1 aromatic carbocycles. The monoisotopic (exact) mass is 292 g/mol.